The van der Waals surface area contributed by atoms with Gasteiger partial charge in [0.1, 0.15) is 5.69 Å². The Labute approximate surface area is 281 Å². The molecule has 252 valence electrons. The Balaban J connectivity index is 1.01. The van der Waals surface area contributed by atoms with E-state index in [1.807, 2.05) is 17.7 Å². The first kappa shape index (κ1) is 31.4. The average molecular weight is 664 g/mol. The third-order valence-corrected chi connectivity index (χ3v) is 8.68. The molecule has 0 radical (unpaired) electrons. The van der Waals surface area contributed by atoms with Gasteiger partial charge >= 0.3 is 0 Å². The molecule has 1 aromatic carbocycles. The zero-order valence-electron chi connectivity index (χ0n) is 27.9. The lowest BCUT2D eigenvalue weighted by atomic mass is 10.2. The highest BCUT2D eigenvalue weighted by molar-refractivity contribution is 6.07. The molecule has 3 amide bonds. The first-order chi connectivity index (χ1) is 23.5. The maximum absolute atomic E-state index is 13.3. The number of carbonyl (C=O) groups excluding carboxylic acids is 3. The van der Waals surface area contributed by atoms with Gasteiger partial charge in [-0.2, -0.15) is 0 Å². The van der Waals surface area contributed by atoms with Crippen LogP contribution in [0.2, 0.25) is 0 Å². The van der Waals surface area contributed by atoms with Gasteiger partial charge in [0.05, 0.1) is 28.1 Å². The van der Waals surface area contributed by atoms with Crippen molar-refractivity contribution >= 4 is 51.6 Å². The van der Waals surface area contributed by atoms with Crippen LogP contribution in [0.3, 0.4) is 0 Å². The van der Waals surface area contributed by atoms with E-state index in [1.54, 1.807) is 61.1 Å². The van der Waals surface area contributed by atoms with Crippen molar-refractivity contribution in [1.82, 2.24) is 43.1 Å². The lowest BCUT2D eigenvalue weighted by Gasteiger charge is -2.34. The minimum Gasteiger partial charge on any atom is -0.369 e. The molecule has 16 heteroatoms. The van der Waals surface area contributed by atoms with E-state index in [4.69, 9.17) is 4.98 Å². The Bertz CT molecular complexity index is 2210. The van der Waals surface area contributed by atoms with Crippen LogP contribution in [0.1, 0.15) is 31.7 Å². The van der Waals surface area contributed by atoms with Gasteiger partial charge in [0, 0.05) is 91.0 Å². The molecule has 7 rings (SSSR count). The van der Waals surface area contributed by atoms with Crippen LogP contribution in [0, 0.1) is 0 Å². The van der Waals surface area contributed by atoms with Crippen molar-refractivity contribution in [2.75, 3.05) is 54.1 Å². The Kier molecular flexibility index (Phi) is 7.99. The molecule has 0 bridgehead atoms. The van der Waals surface area contributed by atoms with E-state index in [-0.39, 0.29) is 23.2 Å². The first-order valence-corrected chi connectivity index (χ1v) is 15.7. The summed E-state index contributed by atoms with van der Waals surface area (Å²) in [4.78, 5) is 60.3. The second-order valence-corrected chi connectivity index (χ2v) is 12.3. The second-order valence-electron chi connectivity index (χ2n) is 12.3. The summed E-state index contributed by atoms with van der Waals surface area (Å²) < 4.78 is 6.62. The number of nitrogens with zero attached hydrogens (tertiary/aromatic N) is 9. The number of amides is 3. The SMILES string of the molecule is CN1CCN(c2ccc3[nH]c(-c4cc(NC(=O)c5nc(NC(=O)c6cc(NC(=O)c7nccn7C)cn6C)cn5C)cn4C)nc3c2)CC1. The fourth-order valence-corrected chi connectivity index (χ4v) is 5.98. The molecule has 0 atom stereocenters. The summed E-state index contributed by atoms with van der Waals surface area (Å²) >= 11 is 0. The number of H-pyrrole nitrogens is 1. The Morgan fingerprint density at radius 3 is 2.16 bits per heavy atom. The number of aromatic nitrogens is 8. The summed E-state index contributed by atoms with van der Waals surface area (Å²) in [5.41, 5.74) is 5.05. The fourth-order valence-electron chi connectivity index (χ4n) is 5.98. The summed E-state index contributed by atoms with van der Waals surface area (Å²) in [6, 6.07) is 9.69. The normalized spacial score (nSPS) is 13.6. The lowest BCUT2D eigenvalue weighted by molar-refractivity contribution is 0.100. The van der Waals surface area contributed by atoms with Gasteiger partial charge in [-0.25, -0.2) is 15.0 Å². The van der Waals surface area contributed by atoms with Crippen LogP contribution >= 0.6 is 0 Å². The van der Waals surface area contributed by atoms with Crippen LogP contribution in [0.4, 0.5) is 22.9 Å². The number of likely N-dealkylation sites (N-methyl/N-ethyl adjacent to an activating group) is 1. The molecule has 0 unspecified atom stereocenters. The van der Waals surface area contributed by atoms with Gasteiger partial charge < -0.3 is 49.0 Å². The Morgan fingerprint density at radius 1 is 0.714 bits per heavy atom. The van der Waals surface area contributed by atoms with Crippen molar-refractivity contribution in [1.29, 1.82) is 0 Å². The van der Waals surface area contributed by atoms with Crippen LogP contribution in [-0.2, 0) is 28.2 Å². The maximum atomic E-state index is 13.3. The summed E-state index contributed by atoms with van der Waals surface area (Å²) in [6.07, 6.45) is 8.19. The standard InChI is InChI=1S/C33H37N13O3/c1-41-10-12-46(13-11-41)22-6-7-23-24(16-22)38-28(37-23)25-14-20(17-43(25)3)36-33(49)30-39-27(19-45(30)5)40-31(47)26-15-21(18-44(26)4)35-32(48)29-34-8-9-42(29)2/h6-9,14-19H,10-13H2,1-5H3,(H,35,48)(H,36,49)(H,37,38)(H,40,47). The quantitative estimate of drug-likeness (QED) is 0.193. The number of hydrogen-bond acceptors (Lipinski definition) is 8. The van der Waals surface area contributed by atoms with E-state index < -0.39 is 17.7 Å². The zero-order valence-corrected chi connectivity index (χ0v) is 27.9. The van der Waals surface area contributed by atoms with Gasteiger partial charge in [0.15, 0.2) is 17.5 Å². The van der Waals surface area contributed by atoms with E-state index in [0.717, 1.165) is 48.6 Å². The van der Waals surface area contributed by atoms with Gasteiger partial charge in [-0.05, 0) is 37.4 Å². The molecule has 6 aromatic rings. The number of nitrogens with one attached hydrogen (secondary N) is 4. The van der Waals surface area contributed by atoms with E-state index in [2.05, 4.69) is 65.9 Å². The number of hydrogen-bond donors (Lipinski definition) is 4. The van der Waals surface area contributed by atoms with Gasteiger partial charge in [0.2, 0.25) is 5.82 Å². The van der Waals surface area contributed by atoms with Crippen molar-refractivity contribution in [2.45, 2.75) is 0 Å². The molecule has 1 fully saturated rings. The molecule has 0 aliphatic carbocycles. The van der Waals surface area contributed by atoms with Gasteiger partial charge in [0.25, 0.3) is 17.7 Å². The van der Waals surface area contributed by atoms with Crippen LogP contribution in [0.5, 0.6) is 0 Å². The molecule has 6 heterocycles. The molecular formula is C33H37N13O3. The zero-order chi connectivity index (χ0) is 34.4. The predicted octanol–water partition coefficient (Wildman–Crippen LogP) is 2.88. The van der Waals surface area contributed by atoms with Crippen molar-refractivity contribution in [3.8, 4) is 11.5 Å². The van der Waals surface area contributed by atoms with Crippen LogP contribution < -0.4 is 20.9 Å². The van der Waals surface area contributed by atoms with E-state index >= 15 is 0 Å². The molecule has 5 aromatic heterocycles. The van der Waals surface area contributed by atoms with Crippen molar-refractivity contribution in [2.24, 2.45) is 28.2 Å². The molecular weight excluding hydrogens is 626 g/mol. The third kappa shape index (κ3) is 6.28. The predicted molar refractivity (Wildman–Crippen MR) is 186 cm³/mol. The van der Waals surface area contributed by atoms with E-state index in [0.29, 0.717) is 17.2 Å². The minimum atomic E-state index is -0.459. The molecule has 0 spiro atoms. The van der Waals surface area contributed by atoms with E-state index in [9.17, 15) is 14.4 Å². The summed E-state index contributed by atoms with van der Waals surface area (Å²) in [5.74, 6) is -0.0655. The maximum Gasteiger partial charge on any atom is 0.291 e. The highest BCUT2D eigenvalue weighted by atomic mass is 16.2. The molecule has 1 aliphatic heterocycles. The molecule has 1 saturated heterocycles. The Hall–Kier alpha value is -6.16. The highest BCUT2D eigenvalue weighted by Crippen LogP contribution is 2.28. The van der Waals surface area contributed by atoms with Gasteiger partial charge in [-0.3, -0.25) is 14.4 Å². The minimum absolute atomic E-state index is 0.107. The molecule has 16 nitrogen and oxygen atoms in total. The van der Waals surface area contributed by atoms with Crippen LogP contribution in [0.15, 0.2) is 61.3 Å². The van der Waals surface area contributed by atoms with E-state index in [1.165, 1.54) is 10.8 Å². The number of piperazine rings is 1. The Morgan fingerprint density at radius 2 is 1.43 bits per heavy atom. The van der Waals surface area contributed by atoms with Crippen LogP contribution in [-0.4, -0.2) is 94.1 Å². The molecule has 4 N–H and O–H groups in total. The summed E-state index contributed by atoms with van der Waals surface area (Å²) in [6.45, 7) is 4.01. The molecule has 49 heavy (non-hydrogen) atoms. The first-order valence-electron chi connectivity index (χ1n) is 15.7. The number of benzene rings is 1. The smallest absolute Gasteiger partial charge is 0.291 e. The number of aryl methyl sites for hydroxylation is 4. The average Bonchev–Trinajstić information content (AvgIpc) is 3.89. The largest absolute Gasteiger partial charge is 0.369 e. The summed E-state index contributed by atoms with van der Waals surface area (Å²) in [7, 11) is 9.11. The lowest BCUT2D eigenvalue weighted by Crippen LogP contribution is -2.44. The monoisotopic (exact) mass is 663 g/mol. The van der Waals surface area contributed by atoms with Crippen molar-refractivity contribution in [3.63, 3.8) is 0 Å². The molecule has 0 saturated carbocycles. The number of carbonyl (C=O) groups is 3. The van der Waals surface area contributed by atoms with Crippen molar-refractivity contribution < 1.29 is 14.4 Å². The number of imidazole rings is 3. The fraction of sp³-hybridized carbons (Fsp3) is 0.273. The number of aromatic amines is 1. The molecule has 1 aliphatic rings. The summed E-state index contributed by atoms with van der Waals surface area (Å²) in [5, 5.41) is 8.39. The number of fused-ring (bicyclic) bond motifs is 1. The van der Waals surface area contributed by atoms with Gasteiger partial charge in [-0.15, -0.1) is 0 Å². The van der Waals surface area contributed by atoms with Crippen molar-refractivity contribution in [3.05, 3.63) is 78.7 Å². The highest BCUT2D eigenvalue weighted by Gasteiger charge is 2.21. The second kappa shape index (κ2) is 12.5. The topological polar surface area (TPSA) is 168 Å². The third-order valence-electron chi connectivity index (χ3n) is 8.68. The number of anilines is 4. The van der Waals surface area contributed by atoms with Gasteiger partial charge in [-0.1, -0.05) is 0 Å². The van der Waals surface area contributed by atoms with Crippen LogP contribution in [0.25, 0.3) is 22.6 Å². The number of rotatable bonds is 8.